The van der Waals surface area contributed by atoms with E-state index in [1.54, 1.807) is 12.1 Å². The minimum absolute atomic E-state index is 0.0107. The zero-order chi connectivity index (χ0) is 15.2. The molecule has 0 aromatic heterocycles. The summed E-state index contributed by atoms with van der Waals surface area (Å²) in [6.07, 6.45) is 1.97. The van der Waals surface area contributed by atoms with Crippen molar-refractivity contribution in [1.29, 1.82) is 0 Å². The highest BCUT2D eigenvalue weighted by molar-refractivity contribution is 5.16. The molecule has 0 spiro atoms. The zero-order valence-electron chi connectivity index (χ0n) is 13.0. The first kappa shape index (κ1) is 15.9. The van der Waals surface area contributed by atoms with Crippen LogP contribution in [-0.4, -0.2) is 68.6 Å². The molecule has 5 heteroatoms. The van der Waals surface area contributed by atoms with Gasteiger partial charge in [-0.1, -0.05) is 12.1 Å². The largest absolute Gasteiger partial charge is 0.350 e. The lowest BCUT2D eigenvalue weighted by molar-refractivity contribution is -0.0532. The molecule has 1 aromatic carbocycles. The van der Waals surface area contributed by atoms with Crippen LogP contribution in [0.4, 0.5) is 4.39 Å². The summed E-state index contributed by atoms with van der Waals surface area (Å²) in [5.74, 6) is -0.160. The van der Waals surface area contributed by atoms with Gasteiger partial charge in [-0.25, -0.2) is 4.39 Å². The molecule has 1 aromatic rings. The average Bonchev–Trinajstić information content (AvgIpc) is 3.07. The van der Waals surface area contributed by atoms with Gasteiger partial charge in [0.05, 0.1) is 13.2 Å². The zero-order valence-corrected chi connectivity index (χ0v) is 13.0. The first-order chi connectivity index (χ1) is 10.8. The van der Waals surface area contributed by atoms with Gasteiger partial charge in [0.15, 0.2) is 6.29 Å². The van der Waals surface area contributed by atoms with Gasteiger partial charge in [-0.05, 0) is 24.1 Å². The van der Waals surface area contributed by atoms with E-state index in [9.17, 15) is 4.39 Å². The number of hydrogen-bond acceptors (Lipinski definition) is 4. The number of rotatable bonds is 6. The van der Waals surface area contributed by atoms with Crippen molar-refractivity contribution in [2.45, 2.75) is 19.1 Å². The Balaban J connectivity index is 1.32. The molecule has 22 heavy (non-hydrogen) atoms. The van der Waals surface area contributed by atoms with E-state index in [1.165, 1.54) is 5.56 Å². The third kappa shape index (κ3) is 4.74. The number of hydrogen-bond donors (Lipinski definition) is 0. The third-order valence-corrected chi connectivity index (χ3v) is 4.47. The van der Waals surface area contributed by atoms with E-state index in [0.29, 0.717) is 0 Å². The minimum Gasteiger partial charge on any atom is -0.350 e. The van der Waals surface area contributed by atoms with Gasteiger partial charge < -0.3 is 19.3 Å². The predicted octanol–water partition coefficient (Wildman–Crippen LogP) is 1.75. The van der Waals surface area contributed by atoms with Gasteiger partial charge in [0.25, 0.3) is 0 Å². The normalized spacial score (nSPS) is 21.5. The van der Waals surface area contributed by atoms with Gasteiger partial charge in [0.2, 0.25) is 0 Å². The van der Waals surface area contributed by atoms with E-state index < -0.39 is 0 Å². The smallest absolute Gasteiger partial charge is 0.159 e. The van der Waals surface area contributed by atoms with Crippen molar-refractivity contribution in [3.63, 3.8) is 0 Å². The summed E-state index contributed by atoms with van der Waals surface area (Å²) in [4.78, 5) is 4.97. The second-order valence-electron chi connectivity index (χ2n) is 6.02. The molecule has 0 radical (unpaired) electrons. The van der Waals surface area contributed by atoms with Crippen molar-refractivity contribution < 1.29 is 13.9 Å². The first-order valence-electron chi connectivity index (χ1n) is 8.22. The van der Waals surface area contributed by atoms with Gasteiger partial charge in [0, 0.05) is 45.7 Å². The van der Waals surface area contributed by atoms with E-state index in [1.807, 2.05) is 12.1 Å². The number of piperazine rings is 1. The van der Waals surface area contributed by atoms with Crippen molar-refractivity contribution in [2.75, 3.05) is 52.5 Å². The molecule has 0 unspecified atom stereocenters. The minimum atomic E-state index is -0.160. The Morgan fingerprint density at radius 1 is 0.909 bits per heavy atom. The topological polar surface area (TPSA) is 24.9 Å². The van der Waals surface area contributed by atoms with E-state index >= 15 is 0 Å². The van der Waals surface area contributed by atoms with Crippen LogP contribution >= 0.6 is 0 Å². The lowest BCUT2D eigenvalue weighted by Gasteiger charge is -2.35. The third-order valence-electron chi connectivity index (χ3n) is 4.47. The maximum absolute atomic E-state index is 12.9. The highest BCUT2D eigenvalue weighted by atomic mass is 19.1. The summed E-state index contributed by atoms with van der Waals surface area (Å²) in [5.41, 5.74) is 1.21. The maximum atomic E-state index is 12.9. The monoisotopic (exact) mass is 308 g/mol. The molecule has 0 aliphatic carbocycles. The molecule has 122 valence electrons. The molecule has 2 fully saturated rings. The average molecular weight is 308 g/mol. The Morgan fingerprint density at radius 3 is 2.14 bits per heavy atom. The van der Waals surface area contributed by atoms with Crippen molar-refractivity contribution in [1.82, 2.24) is 9.80 Å². The van der Waals surface area contributed by atoms with Crippen LogP contribution in [0.5, 0.6) is 0 Å². The van der Waals surface area contributed by atoms with Crippen LogP contribution in [0.3, 0.4) is 0 Å². The molecule has 2 aliphatic heterocycles. The Hall–Kier alpha value is -1.01. The molecule has 0 bridgehead atoms. The summed E-state index contributed by atoms with van der Waals surface area (Å²) in [6, 6.07) is 6.85. The molecule has 4 nitrogen and oxygen atoms in total. The van der Waals surface area contributed by atoms with Crippen LogP contribution in [0.1, 0.15) is 12.0 Å². The van der Waals surface area contributed by atoms with E-state index in [2.05, 4.69) is 9.80 Å². The van der Waals surface area contributed by atoms with Crippen molar-refractivity contribution >= 4 is 0 Å². The predicted molar refractivity (Wildman–Crippen MR) is 83.3 cm³/mol. The van der Waals surface area contributed by atoms with Gasteiger partial charge in [-0.3, -0.25) is 0 Å². The molecule has 0 N–H and O–H groups in total. The lowest BCUT2D eigenvalue weighted by Crippen LogP contribution is -2.47. The van der Waals surface area contributed by atoms with Crippen LogP contribution in [-0.2, 0) is 15.9 Å². The molecule has 2 saturated heterocycles. The van der Waals surface area contributed by atoms with Crippen LogP contribution in [0, 0.1) is 5.82 Å². The molecular formula is C17H25FN2O2. The Kier molecular flexibility index (Phi) is 5.78. The van der Waals surface area contributed by atoms with Crippen LogP contribution in [0.2, 0.25) is 0 Å². The molecule has 0 amide bonds. The fraction of sp³-hybridized carbons (Fsp3) is 0.647. The number of ether oxygens (including phenoxy) is 2. The van der Waals surface area contributed by atoms with E-state index in [0.717, 1.165) is 65.3 Å². The highest BCUT2D eigenvalue weighted by Crippen LogP contribution is 2.11. The Labute approximate surface area is 131 Å². The molecule has 0 saturated carbocycles. The van der Waals surface area contributed by atoms with Gasteiger partial charge in [0.1, 0.15) is 5.82 Å². The fourth-order valence-electron chi connectivity index (χ4n) is 3.04. The van der Waals surface area contributed by atoms with Crippen molar-refractivity contribution in [3.8, 4) is 0 Å². The SMILES string of the molecule is Fc1ccc(CCN2CCN(CCC3OCCO3)CC2)cc1. The fourth-order valence-corrected chi connectivity index (χ4v) is 3.04. The maximum Gasteiger partial charge on any atom is 0.159 e. The van der Waals surface area contributed by atoms with E-state index in [4.69, 9.17) is 9.47 Å². The first-order valence-corrected chi connectivity index (χ1v) is 8.22. The van der Waals surface area contributed by atoms with Gasteiger partial charge in [-0.15, -0.1) is 0 Å². The van der Waals surface area contributed by atoms with Crippen molar-refractivity contribution in [2.24, 2.45) is 0 Å². The highest BCUT2D eigenvalue weighted by Gasteiger charge is 2.20. The van der Waals surface area contributed by atoms with Crippen LogP contribution in [0.25, 0.3) is 0 Å². The second-order valence-corrected chi connectivity index (χ2v) is 6.02. The summed E-state index contributed by atoms with van der Waals surface area (Å²) in [5, 5.41) is 0. The molecule has 2 heterocycles. The number of nitrogens with zero attached hydrogens (tertiary/aromatic N) is 2. The summed E-state index contributed by atoms with van der Waals surface area (Å²) in [7, 11) is 0. The summed E-state index contributed by atoms with van der Waals surface area (Å²) < 4.78 is 23.8. The molecule has 2 aliphatic rings. The van der Waals surface area contributed by atoms with Crippen LogP contribution in [0.15, 0.2) is 24.3 Å². The quantitative estimate of drug-likeness (QED) is 0.799. The molecule has 3 rings (SSSR count). The number of benzene rings is 1. The summed E-state index contributed by atoms with van der Waals surface area (Å²) in [6.45, 7) is 8.00. The molecular weight excluding hydrogens is 283 g/mol. The summed E-state index contributed by atoms with van der Waals surface area (Å²) >= 11 is 0. The Morgan fingerprint density at radius 2 is 1.50 bits per heavy atom. The lowest BCUT2D eigenvalue weighted by atomic mass is 10.1. The second kappa shape index (κ2) is 8.02. The van der Waals surface area contributed by atoms with Gasteiger partial charge in [-0.2, -0.15) is 0 Å². The van der Waals surface area contributed by atoms with Crippen molar-refractivity contribution in [3.05, 3.63) is 35.6 Å². The van der Waals surface area contributed by atoms with Gasteiger partial charge >= 0.3 is 0 Å². The molecule has 0 atom stereocenters. The standard InChI is InChI=1S/C17H25FN2O2/c18-16-3-1-15(2-4-16)5-7-19-9-11-20(12-10-19)8-6-17-21-13-14-22-17/h1-4,17H,5-14H2. The van der Waals surface area contributed by atoms with E-state index in [-0.39, 0.29) is 12.1 Å². The Bertz CT molecular complexity index is 440. The number of halogens is 1. The van der Waals surface area contributed by atoms with Crippen LogP contribution < -0.4 is 0 Å².